The van der Waals surface area contributed by atoms with Crippen molar-refractivity contribution in [3.63, 3.8) is 0 Å². The summed E-state index contributed by atoms with van der Waals surface area (Å²) >= 11 is 1.37. The molecule has 0 radical (unpaired) electrons. The molecule has 0 aliphatic carbocycles. The van der Waals surface area contributed by atoms with Gasteiger partial charge in [0.25, 0.3) is 0 Å². The van der Waals surface area contributed by atoms with Gasteiger partial charge in [0.05, 0.1) is 10.1 Å². The van der Waals surface area contributed by atoms with E-state index in [-0.39, 0.29) is 5.82 Å². The van der Waals surface area contributed by atoms with Gasteiger partial charge in [-0.1, -0.05) is 6.07 Å². The first kappa shape index (κ1) is 9.99. The maximum atomic E-state index is 13.8. The van der Waals surface area contributed by atoms with Gasteiger partial charge in [-0.2, -0.15) is 4.37 Å². The number of benzene rings is 1. The molecule has 84 valence electrons. The number of hydrogen-bond donors (Lipinski definition) is 1. The minimum Gasteiger partial charge on any atom is -0.353 e. The molecule has 0 spiro atoms. The SMILES string of the molecule is Fc1cccc2snc(N3CCNCC3)c12. The Labute approximate surface area is 97.0 Å². The first-order chi connectivity index (χ1) is 7.86. The van der Waals surface area contributed by atoms with Crippen molar-refractivity contribution in [2.45, 2.75) is 0 Å². The number of piperazine rings is 1. The van der Waals surface area contributed by atoms with Crippen LogP contribution in [0.1, 0.15) is 0 Å². The van der Waals surface area contributed by atoms with Crippen molar-refractivity contribution in [1.29, 1.82) is 0 Å². The molecular formula is C11H12FN3S. The summed E-state index contributed by atoms with van der Waals surface area (Å²) in [6, 6.07) is 5.15. The molecule has 1 N–H and O–H groups in total. The fourth-order valence-corrected chi connectivity index (χ4v) is 2.84. The Kier molecular flexibility index (Phi) is 2.49. The van der Waals surface area contributed by atoms with Gasteiger partial charge in [-0.05, 0) is 23.7 Å². The molecule has 1 aromatic carbocycles. The molecule has 0 bridgehead atoms. The highest BCUT2D eigenvalue weighted by molar-refractivity contribution is 7.13. The molecule has 1 aliphatic heterocycles. The van der Waals surface area contributed by atoms with Crippen LogP contribution < -0.4 is 10.2 Å². The zero-order valence-electron chi connectivity index (χ0n) is 8.74. The van der Waals surface area contributed by atoms with Gasteiger partial charge < -0.3 is 10.2 Å². The Hall–Kier alpha value is -1.20. The number of rotatable bonds is 1. The van der Waals surface area contributed by atoms with Crippen molar-refractivity contribution in [1.82, 2.24) is 9.69 Å². The molecule has 1 fully saturated rings. The van der Waals surface area contributed by atoms with Crippen LogP contribution in [0, 0.1) is 5.82 Å². The second-order valence-electron chi connectivity index (χ2n) is 3.86. The van der Waals surface area contributed by atoms with Gasteiger partial charge in [0.15, 0.2) is 5.82 Å². The summed E-state index contributed by atoms with van der Waals surface area (Å²) in [5.74, 6) is 0.638. The molecule has 1 saturated heterocycles. The van der Waals surface area contributed by atoms with E-state index in [0.29, 0.717) is 5.39 Å². The number of nitrogens with one attached hydrogen (secondary N) is 1. The molecule has 3 nitrogen and oxygen atoms in total. The number of aromatic nitrogens is 1. The summed E-state index contributed by atoms with van der Waals surface area (Å²) in [5, 5.41) is 3.95. The maximum Gasteiger partial charge on any atom is 0.153 e. The van der Waals surface area contributed by atoms with E-state index in [2.05, 4.69) is 14.6 Å². The summed E-state index contributed by atoms with van der Waals surface area (Å²) in [7, 11) is 0. The van der Waals surface area contributed by atoms with Gasteiger partial charge in [0, 0.05) is 26.2 Å². The van der Waals surface area contributed by atoms with Crippen molar-refractivity contribution in [2.24, 2.45) is 0 Å². The Morgan fingerprint density at radius 3 is 2.94 bits per heavy atom. The molecule has 2 heterocycles. The van der Waals surface area contributed by atoms with Crippen LogP contribution in [0.15, 0.2) is 18.2 Å². The second-order valence-corrected chi connectivity index (χ2v) is 4.66. The van der Waals surface area contributed by atoms with Crippen molar-refractivity contribution < 1.29 is 4.39 Å². The Bertz CT molecular complexity index is 505. The first-order valence-corrected chi connectivity index (χ1v) is 6.13. The van der Waals surface area contributed by atoms with Crippen molar-refractivity contribution in [3.05, 3.63) is 24.0 Å². The van der Waals surface area contributed by atoms with E-state index in [4.69, 9.17) is 0 Å². The summed E-state index contributed by atoms with van der Waals surface area (Å²) < 4.78 is 19.1. The van der Waals surface area contributed by atoms with Crippen molar-refractivity contribution in [3.8, 4) is 0 Å². The zero-order valence-corrected chi connectivity index (χ0v) is 9.56. The molecule has 2 aromatic rings. The predicted octanol–water partition coefficient (Wildman–Crippen LogP) is 1.84. The molecule has 0 atom stereocenters. The van der Waals surface area contributed by atoms with Gasteiger partial charge in [-0.15, -0.1) is 0 Å². The first-order valence-electron chi connectivity index (χ1n) is 5.36. The molecular weight excluding hydrogens is 225 g/mol. The predicted molar refractivity (Wildman–Crippen MR) is 64.7 cm³/mol. The average Bonchev–Trinajstić information content (AvgIpc) is 2.75. The normalized spacial score (nSPS) is 16.9. The van der Waals surface area contributed by atoms with Gasteiger partial charge in [-0.3, -0.25) is 0 Å². The highest BCUT2D eigenvalue weighted by Gasteiger charge is 2.18. The molecule has 1 aromatic heterocycles. The van der Waals surface area contributed by atoms with Crippen LogP contribution in [0.25, 0.3) is 10.1 Å². The van der Waals surface area contributed by atoms with E-state index in [0.717, 1.165) is 36.7 Å². The summed E-state index contributed by atoms with van der Waals surface area (Å²) in [5.41, 5.74) is 0. The van der Waals surface area contributed by atoms with Crippen molar-refractivity contribution >= 4 is 27.4 Å². The largest absolute Gasteiger partial charge is 0.353 e. The van der Waals surface area contributed by atoms with E-state index in [1.54, 1.807) is 6.07 Å². The lowest BCUT2D eigenvalue weighted by molar-refractivity contribution is 0.585. The van der Waals surface area contributed by atoms with Crippen LogP contribution in [0.5, 0.6) is 0 Å². The number of halogens is 1. The molecule has 1 aliphatic rings. The summed E-state index contributed by atoms with van der Waals surface area (Å²) in [4.78, 5) is 2.15. The zero-order chi connectivity index (χ0) is 11.0. The third-order valence-corrected chi connectivity index (χ3v) is 3.65. The maximum absolute atomic E-state index is 13.8. The number of hydrogen-bond acceptors (Lipinski definition) is 4. The Morgan fingerprint density at radius 2 is 2.12 bits per heavy atom. The number of nitrogens with zero attached hydrogens (tertiary/aromatic N) is 2. The number of anilines is 1. The molecule has 0 unspecified atom stereocenters. The third kappa shape index (κ3) is 1.56. The van der Waals surface area contributed by atoms with E-state index >= 15 is 0 Å². The summed E-state index contributed by atoms with van der Waals surface area (Å²) in [6.07, 6.45) is 0. The Balaban J connectivity index is 2.09. The fraction of sp³-hybridized carbons (Fsp3) is 0.364. The molecule has 5 heteroatoms. The second kappa shape index (κ2) is 3.99. The molecule has 3 rings (SSSR count). The van der Waals surface area contributed by atoms with Crippen LogP contribution >= 0.6 is 11.5 Å². The summed E-state index contributed by atoms with van der Waals surface area (Å²) in [6.45, 7) is 3.67. The lowest BCUT2D eigenvalue weighted by Crippen LogP contribution is -2.43. The van der Waals surface area contributed by atoms with Gasteiger partial charge >= 0.3 is 0 Å². The fourth-order valence-electron chi connectivity index (χ4n) is 2.03. The van der Waals surface area contributed by atoms with Crippen molar-refractivity contribution in [2.75, 3.05) is 31.1 Å². The lowest BCUT2D eigenvalue weighted by atomic mass is 10.2. The lowest BCUT2D eigenvalue weighted by Gasteiger charge is -2.27. The third-order valence-electron chi connectivity index (χ3n) is 2.85. The monoisotopic (exact) mass is 237 g/mol. The standard InChI is InChI=1S/C11H12FN3S/c12-8-2-1-3-9-10(8)11(14-16-9)15-6-4-13-5-7-15/h1-3,13H,4-7H2. The van der Waals surface area contributed by atoms with Crippen LogP contribution in [0.2, 0.25) is 0 Å². The number of fused-ring (bicyclic) bond motifs is 1. The smallest absolute Gasteiger partial charge is 0.153 e. The van der Waals surface area contributed by atoms with Gasteiger partial charge in [0.1, 0.15) is 5.82 Å². The van der Waals surface area contributed by atoms with Crippen LogP contribution in [0.3, 0.4) is 0 Å². The van der Waals surface area contributed by atoms with Gasteiger partial charge in [-0.25, -0.2) is 4.39 Å². The highest BCUT2D eigenvalue weighted by Crippen LogP contribution is 2.31. The van der Waals surface area contributed by atoms with Crippen LogP contribution in [-0.2, 0) is 0 Å². The quantitative estimate of drug-likeness (QED) is 0.820. The minimum atomic E-state index is -0.167. The van der Waals surface area contributed by atoms with E-state index in [9.17, 15) is 4.39 Å². The van der Waals surface area contributed by atoms with Crippen LogP contribution in [-0.4, -0.2) is 30.6 Å². The average molecular weight is 237 g/mol. The minimum absolute atomic E-state index is 0.167. The van der Waals surface area contributed by atoms with E-state index in [1.807, 2.05) is 6.07 Å². The molecule has 0 amide bonds. The molecule has 0 saturated carbocycles. The Morgan fingerprint density at radius 1 is 1.31 bits per heavy atom. The topological polar surface area (TPSA) is 28.2 Å². The van der Waals surface area contributed by atoms with E-state index < -0.39 is 0 Å². The van der Waals surface area contributed by atoms with Crippen LogP contribution in [0.4, 0.5) is 10.2 Å². The van der Waals surface area contributed by atoms with E-state index in [1.165, 1.54) is 17.6 Å². The molecule has 16 heavy (non-hydrogen) atoms. The highest BCUT2D eigenvalue weighted by atomic mass is 32.1. The van der Waals surface area contributed by atoms with Gasteiger partial charge in [0.2, 0.25) is 0 Å².